The van der Waals surface area contributed by atoms with E-state index in [2.05, 4.69) is 4.90 Å². The van der Waals surface area contributed by atoms with Gasteiger partial charge in [0.15, 0.2) is 0 Å². The van der Waals surface area contributed by atoms with Crippen molar-refractivity contribution in [1.29, 1.82) is 0 Å². The van der Waals surface area contributed by atoms with Crippen LogP contribution in [-0.2, 0) is 4.79 Å². The van der Waals surface area contributed by atoms with Crippen molar-refractivity contribution in [2.45, 2.75) is 18.9 Å². The zero-order valence-corrected chi connectivity index (χ0v) is 12.2. The summed E-state index contributed by atoms with van der Waals surface area (Å²) in [5.74, 6) is 1.02. The number of nitrogens with two attached hydrogens (primary N) is 1. The molecule has 1 aliphatic rings. The first-order chi connectivity index (χ1) is 9.54. The summed E-state index contributed by atoms with van der Waals surface area (Å²) in [5.41, 5.74) is 6.40. The number of likely N-dealkylation sites (tertiary alicyclic amines) is 1. The number of ether oxygens (including phenoxy) is 1. The highest BCUT2D eigenvalue weighted by Crippen LogP contribution is 2.20. The summed E-state index contributed by atoms with van der Waals surface area (Å²) in [7, 11) is 3.58. The summed E-state index contributed by atoms with van der Waals surface area (Å²) in [5, 5.41) is 0. The van der Waals surface area contributed by atoms with Gasteiger partial charge in [0.05, 0.1) is 6.54 Å². The molecule has 2 rings (SSSR count). The molecule has 0 aliphatic carbocycles. The number of carbonyl (C=O) groups excluding carboxylic acids is 1. The molecule has 0 atom stereocenters. The molecule has 0 saturated carbocycles. The fraction of sp³-hybridized carbons (Fsp3) is 0.533. The summed E-state index contributed by atoms with van der Waals surface area (Å²) in [4.78, 5) is 15.5. The number of hydrogen-bond donors (Lipinski definition) is 1. The van der Waals surface area contributed by atoms with E-state index in [0.29, 0.717) is 6.54 Å². The van der Waals surface area contributed by atoms with Gasteiger partial charge in [0.25, 0.3) is 0 Å². The van der Waals surface area contributed by atoms with Crippen LogP contribution in [0.15, 0.2) is 24.3 Å². The first-order valence-corrected chi connectivity index (χ1v) is 6.99. The molecule has 0 bridgehead atoms. The van der Waals surface area contributed by atoms with Crippen LogP contribution in [0.2, 0.25) is 0 Å². The van der Waals surface area contributed by atoms with E-state index in [1.807, 2.05) is 24.3 Å². The molecular formula is C15H23N3O2. The smallest absolute Gasteiger partial charge is 0.236 e. The molecule has 1 aliphatic heterocycles. The maximum absolute atomic E-state index is 11.7. The number of hydrogen-bond acceptors (Lipinski definition) is 4. The summed E-state index contributed by atoms with van der Waals surface area (Å²) < 4.78 is 5.93. The highest BCUT2D eigenvalue weighted by atomic mass is 16.5. The number of benzene rings is 1. The average Bonchev–Trinajstić information content (AvgIpc) is 2.43. The standard InChI is InChI=1S/C15H23N3O2/c1-17(2)15(19)11-18-9-7-14(8-10-18)20-13-5-3-12(16)4-6-13/h3-6,14H,7-11,16H2,1-2H3. The van der Waals surface area contributed by atoms with E-state index in [1.165, 1.54) is 0 Å². The molecule has 1 aromatic rings. The maximum atomic E-state index is 11.7. The van der Waals surface area contributed by atoms with Crippen LogP contribution < -0.4 is 10.5 Å². The Hall–Kier alpha value is -1.75. The van der Waals surface area contributed by atoms with Crippen molar-refractivity contribution in [3.8, 4) is 5.75 Å². The Morgan fingerprint density at radius 3 is 2.45 bits per heavy atom. The number of nitrogens with zero attached hydrogens (tertiary/aromatic N) is 2. The number of piperidine rings is 1. The van der Waals surface area contributed by atoms with Gasteiger partial charge in [0, 0.05) is 32.9 Å². The Balaban J connectivity index is 1.77. The Kier molecular flexibility index (Phi) is 4.84. The van der Waals surface area contributed by atoms with Gasteiger partial charge in [0.1, 0.15) is 11.9 Å². The minimum Gasteiger partial charge on any atom is -0.490 e. The molecule has 0 spiro atoms. The Morgan fingerprint density at radius 2 is 1.90 bits per heavy atom. The normalized spacial score (nSPS) is 16.9. The minimum absolute atomic E-state index is 0.155. The van der Waals surface area contributed by atoms with Crippen molar-refractivity contribution in [2.75, 3.05) is 39.5 Å². The molecule has 1 fully saturated rings. The average molecular weight is 277 g/mol. The lowest BCUT2D eigenvalue weighted by Gasteiger charge is -2.32. The van der Waals surface area contributed by atoms with Crippen LogP contribution in [0.3, 0.4) is 0 Å². The van der Waals surface area contributed by atoms with Crippen LogP contribution in [0.25, 0.3) is 0 Å². The van der Waals surface area contributed by atoms with Gasteiger partial charge in [-0.2, -0.15) is 0 Å². The van der Waals surface area contributed by atoms with Crippen molar-refractivity contribution in [3.05, 3.63) is 24.3 Å². The monoisotopic (exact) mass is 277 g/mol. The molecule has 2 N–H and O–H groups in total. The van der Waals surface area contributed by atoms with Crippen molar-refractivity contribution in [2.24, 2.45) is 0 Å². The third-order valence-electron chi connectivity index (χ3n) is 3.58. The second-order valence-electron chi connectivity index (χ2n) is 5.45. The van der Waals surface area contributed by atoms with Crippen molar-refractivity contribution < 1.29 is 9.53 Å². The van der Waals surface area contributed by atoms with E-state index in [-0.39, 0.29) is 12.0 Å². The summed E-state index contributed by atoms with van der Waals surface area (Å²) >= 11 is 0. The Morgan fingerprint density at radius 1 is 1.30 bits per heavy atom. The topological polar surface area (TPSA) is 58.8 Å². The molecule has 0 aromatic heterocycles. The highest BCUT2D eigenvalue weighted by molar-refractivity contribution is 5.77. The largest absolute Gasteiger partial charge is 0.490 e. The van der Waals surface area contributed by atoms with Crippen LogP contribution in [0.5, 0.6) is 5.75 Å². The van der Waals surface area contributed by atoms with Gasteiger partial charge in [-0.15, -0.1) is 0 Å². The molecule has 1 amide bonds. The lowest BCUT2D eigenvalue weighted by molar-refractivity contribution is -0.130. The van der Waals surface area contributed by atoms with E-state index in [1.54, 1.807) is 19.0 Å². The number of likely N-dealkylation sites (N-methyl/N-ethyl adjacent to an activating group) is 1. The van der Waals surface area contributed by atoms with E-state index in [4.69, 9.17) is 10.5 Å². The van der Waals surface area contributed by atoms with Crippen molar-refractivity contribution >= 4 is 11.6 Å². The van der Waals surface area contributed by atoms with Crippen molar-refractivity contribution in [1.82, 2.24) is 9.80 Å². The van der Waals surface area contributed by atoms with Crippen LogP contribution in [-0.4, -0.2) is 55.5 Å². The summed E-state index contributed by atoms with van der Waals surface area (Å²) in [6.45, 7) is 2.31. The van der Waals surface area contributed by atoms with Gasteiger partial charge in [-0.1, -0.05) is 0 Å². The third kappa shape index (κ3) is 4.13. The van der Waals surface area contributed by atoms with E-state index >= 15 is 0 Å². The number of nitrogen functional groups attached to an aromatic ring is 1. The van der Waals surface area contributed by atoms with Gasteiger partial charge < -0.3 is 15.4 Å². The molecule has 20 heavy (non-hydrogen) atoms. The second kappa shape index (κ2) is 6.61. The van der Waals surface area contributed by atoms with E-state index in [9.17, 15) is 4.79 Å². The van der Waals surface area contributed by atoms with E-state index < -0.39 is 0 Å². The number of rotatable bonds is 4. The zero-order chi connectivity index (χ0) is 14.5. The second-order valence-corrected chi connectivity index (χ2v) is 5.45. The summed E-state index contributed by atoms with van der Waals surface area (Å²) in [6.07, 6.45) is 2.13. The lowest BCUT2D eigenvalue weighted by atomic mass is 10.1. The third-order valence-corrected chi connectivity index (χ3v) is 3.58. The van der Waals surface area contributed by atoms with Gasteiger partial charge in [-0.3, -0.25) is 9.69 Å². The Bertz CT molecular complexity index is 437. The number of anilines is 1. The van der Waals surface area contributed by atoms with Crippen LogP contribution >= 0.6 is 0 Å². The molecule has 0 radical (unpaired) electrons. The first kappa shape index (κ1) is 14.7. The molecule has 0 unspecified atom stereocenters. The van der Waals surface area contributed by atoms with Crippen LogP contribution in [0, 0.1) is 0 Å². The highest BCUT2D eigenvalue weighted by Gasteiger charge is 2.22. The predicted molar refractivity (Wildman–Crippen MR) is 79.6 cm³/mol. The van der Waals surface area contributed by atoms with Crippen LogP contribution in [0.4, 0.5) is 5.69 Å². The fourth-order valence-corrected chi connectivity index (χ4v) is 2.26. The minimum atomic E-state index is 0.155. The zero-order valence-electron chi connectivity index (χ0n) is 12.2. The van der Waals surface area contributed by atoms with Gasteiger partial charge in [-0.05, 0) is 37.1 Å². The fourth-order valence-electron chi connectivity index (χ4n) is 2.26. The molecular weight excluding hydrogens is 254 g/mol. The summed E-state index contributed by atoms with van der Waals surface area (Å²) in [6, 6.07) is 7.50. The van der Waals surface area contributed by atoms with Crippen molar-refractivity contribution in [3.63, 3.8) is 0 Å². The molecule has 1 saturated heterocycles. The molecule has 110 valence electrons. The maximum Gasteiger partial charge on any atom is 0.236 e. The van der Waals surface area contributed by atoms with Gasteiger partial charge in [-0.25, -0.2) is 0 Å². The number of amides is 1. The molecule has 1 aromatic carbocycles. The predicted octanol–water partition coefficient (Wildman–Crippen LogP) is 1.20. The van der Waals surface area contributed by atoms with Gasteiger partial charge in [0.2, 0.25) is 5.91 Å². The molecule has 5 heteroatoms. The van der Waals surface area contributed by atoms with Gasteiger partial charge >= 0.3 is 0 Å². The molecule has 5 nitrogen and oxygen atoms in total. The lowest BCUT2D eigenvalue weighted by Crippen LogP contribution is -2.43. The quantitative estimate of drug-likeness (QED) is 0.840. The SMILES string of the molecule is CN(C)C(=O)CN1CCC(Oc2ccc(N)cc2)CC1. The molecule has 1 heterocycles. The first-order valence-electron chi connectivity index (χ1n) is 6.99. The Labute approximate surface area is 120 Å². The number of carbonyl (C=O) groups is 1. The van der Waals surface area contributed by atoms with Crippen LogP contribution in [0.1, 0.15) is 12.8 Å². The van der Waals surface area contributed by atoms with E-state index in [0.717, 1.165) is 37.4 Å².